The van der Waals surface area contributed by atoms with Gasteiger partial charge in [-0.3, -0.25) is 4.90 Å². The zero-order chi connectivity index (χ0) is 17.8. The van der Waals surface area contributed by atoms with E-state index in [0.717, 1.165) is 75.7 Å². The van der Waals surface area contributed by atoms with Gasteiger partial charge in [0.2, 0.25) is 11.8 Å². The molecule has 3 heterocycles. The Bertz CT molecular complexity index is 691. The molecule has 2 saturated heterocycles. The van der Waals surface area contributed by atoms with Gasteiger partial charge in [0.25, 0.3) is 0 Å². The Morgan fingerprint density at radius 2 is 1.62 bits per heavy atom. The van der Waals surface area contributed by atoms with Crippen molar-refractivity contribution in [2.24, 2.45) is 0 Å². The molecule has 2 aromatic rings. The van der Waals surface area contributed by atoms with E-state index in [0.29, 0.717) is 0 Å². The van der Waals surface area contributed by atoms with Crippen LogP contribution in [0.2, 0.25) is 0 Å². The lowest BCUT2D eigenvalue weighted by molar-refractivity contribution is 0.0192. The van der Waals surface area contributed by atoms with Crippen LogP contribution < -0.4 is 9.64 Å². The molecule has 0 N–H and O–H groups in total. The van der Waals surface area contributed by atoms with Crippen LogP contribution in [0.15, 0.2) is 34.9 Å². The van der Waals surface area contributed by atoms with Gasteiger partial charge in [0.05, 0.1) is 39.7 Å². The monoisotopic (exact) mass is 359 g/mol. The lowest BCUT2D eigenvalue weighted by Gasteiger charge is -2.33. The van der Waals surface area contributed by atoms with E-state index in [9.17, 15) is 0 Å². The fourth-order valence-corrected chi connectivity index (χ4v) is 3.47. The third kappa shape index (κ3) is 3.70. The predicted molar refractivity (Wildman–Crippen MR) is 96.8 cm³/mol. The van der Waals surface area contributed by atoms with Crippen LogP contribution in [0.3, 0.4) is 0 Å². The van der Waals surface area contributed by atoms with Gasteiger partial charge in [-0.25, -0.2) is 4.98 Å². The van der Waals surface area contributed by atoms with E-state index in [1.54, 1.807) is 7.11 Å². The highest BCUT2D eigenvalue weighted by Gasteiger charge is 2.29. The number of morpholine rings is 2. The summed E-state index contributed by atoms with van der Waals surface area (Å²) in [5.41, 5.74) is 1.14. The van der Waals surface area contributed by atoms with Crippen LogP contribution in [0.4, 0.5) is 5.88 Å². The van der Waals surface area contributed by atoms with E-state index in [1.165, 1.54) is 0 Å². The lowest BCUT2D eigenvalue weighted by atomic mass is 10.0. The number of oxazole rings is 1. The van der Waals surface area contributed by atoms with Crippen molar-refractivity contribution in [2.75, 3.05) is 64.6 Å². The van der Waals surface area contributed by atoms with Crippen LogP contribution in [0.1, 0.15) is 17.5 Å². The molecule has 140 valence electrons. The Labute approximate surface area is 153 Å². The molecule has 1 aromatic heterocycles. The number of benzene rings is 1. The van der Waals surface area contributed by atoms with Crippen molar-refractivity contribution >= 4 is 5.88 Å². The van der Waals surface area contributed by atoms with Gasteiger partial charge in [-0.1, -0.05) is 12.1 Å². The van der Waals surface area contributed by atoms with E-state index in [2.05, 4.69) is 26.9 Å². The molecule has 1 aromatic carbocycles. The molecule has 26 heavy (non-hydrogen) atoms. The number of ether oxygens (including phenoxy) is 3. The van der Waals surface area contributed by atoms with E-state index >= 15 is 0 Å². The molecule has 1 unspecified atom stereocenters. The lowest BCUT2D eigenvalue weighted by Crippen LogP contribution is -2.39. The van der Waals surface area contributed by atoms with Crippen LogP contribution in [-0.2, 0) is 9.47 Å². The van der Waals surface area contributed by atoms with Crippen molar-refractivity contribution < 1.29 is 18.6 Å². The summed E-state index contributed by atoms with van der Waals surface area (Å²) in [6.45, 7) is 6.27. The van der Waals surface area contributed by atoms with Gasteiger partial charge in [-0.15, -0.1) is 0 Å². The Morgan fingerprint density at radius 3 is 2.27 bits per heavy atom. The van der Waals surface area contributed by atoms with Gasteiger partial charge in [-0.05, 0) is 17.7 Å². The van der Waals surface area contributed by atoms with Crippen molar-refractivity contribution in [3.05, 3.63) is 41.9 Å². The number of rotatable bonds is 5. The van der Waals surface area contributed by atoms with Crippen molar-refractivity contribution in [2.45, 2.75) is 6.04 Å². The van der Waals surface area contributed by atoms with E-state index < -0.39 is 0 Å². The molecule has 0 aliphatic carbocycles. The summed E-state index contributed by atoms with van der Waals surface area (Å²) in [4.78, 5) is 9.17. The van der Waals surface area contributed by atoms with Crippen molar-refractivity contribution in [1.82, 2.24) is 9.88 Å². The number of anilines is 1. The Balaban J connectivity index is 1.62. The summed E-state index contributed by atoms with van der Waals surface area (Å²) in [7, 11) is 1.68. The minimum Gasteiger partial charge on any atom is -0.497 e. The predicted octanol–water partition coefficient (Wildman–Crippen LogP) is 1.94. The third-order valence-corrected chi connectivity index (χ3v) is 4.91. The van der Waals surface area contributed by atoms with Crippen LogP contribution in [0.25, 0.3) is 0 Å². The molecule has 4 rings (SSSR count). The van der Waals surface area contributed by atoms with Gasteiger partial charge < -0.3 is 23.5 Å². The van der Waals surface area contributed by atoms with E-state index in [4.69, 9.17) is 18.6 Å². The quantitative estimate of drug-likeness (QED) is 0.808. The summed E-state index contributed by atoms with van der Waals surface area (Å²) in [6, 6.07) is 8.10. The first-order chi connectivity index (χ1) is 12.8. The second-order valence-electron chi connectivity index (χ2n) is 6.46. The fourth-order valence-electron chi connectivity index (χ4n) is 3.47. The second-order valence-corrected chi connectivity index (χ2v) is 6.46. The zero-order valence-corrected chi connectivity index (χ0v) is 15.1. The minimum absolute atomic E-state index is 0.0282. The summed E-state index contributed by atoms with van der Waals surface area (Å²) in [5, 5.41) is 0. The normalized spacial score (nSPS) is 20.1. The molecule has 7 heteroatoms. The highest BCUT2D eigenvalue weighted by Crippen LogP contribution is 2.32. The Hall–Kier alpha value is -2.09. The summed E-state index contributed by atoms with van der Waals surface area (Å²) in [6.07, 6.45) is 1.83. The van der Waals surface area contributed by atoms with Crippen molar-refractivity contribution in [1.29, 1.82) is 0 Å². The van der Waals surface area contributed by atoms with E-state index in [-0.39, 0.29) is 6.04 Å². The molecular formula is C19H25N3O4. The molecule has 0 amide bonds. The SMILES string of the molecule is COc1ccc(C(c2ncc(N3CCOCC3)o2)N2CCOCC2)cc1. The largest absolute Gasteiger partial charge is 0.497 e. The molecule has 2 aliphatic heterocycles. The minimum atomic E-state index is -0.0282. The average molecular weight is 359 g/mol. The number of aromatic nitrogens is 1. The molecule has 2 aliphatic rings. The van der Waals surface area contributed by atoms with Gasteiger partial charge >= 0.3 is 0 Å². The zero-order valence-electron chi connectivity index (χ0n) is 15.1. The molecule has 0 saturated carbocycles. The molecule has 0 radical (unpaired) electrons. The topological polar surface area (TPSA) is 60.2 Å². The number of hydrogen-bond donors (Lipinski definition) is 0. The van der Waals surface area contributed by atoms with Gasteiger partial charge in [0.15, 0.2) is 0 Å². The average Bonchev–Trinajstić information content (AvgIpc) is 3.20. The molecule has 2 fully saturated rings. The molecular weight excluding hydrogens is 334 g/mol. The first-order valence-electron chi connectivity index (χ1n) is 9.09. The Kier molecular flexibility index (Phi) is 5.38. The van der Waals surface area contributed by atoms with Gasteiger partial charge in [0, 0.05) is 26.2 Å². The second kappa shape index (κ2) is 8.07. The maximum Gasteiger partial charge on any atom is 0.218 e. The van der Waals surface area contributed by atoms with Gasteiger partial charge in [0.1, 0.15) is 11.8 Å². The number of methoxy groups -OCH3 is 1. The smallest absolute Gasteiger partial charge is 0.218 e. The van der Waals surface area contributed by atoms with E-state index in [1.807, 2.05) is 18.3 Å². The van der Waals surface area contributed by atoms with Crippen LogP contribution in [0.5, 0.6) is 5.75 Å². The van der Waals surface area contributed by atoms with Crippen LogP contribution >= 0.6 is 0 Å². The summed E-state index contributed by atoms with van der Waals surface area (Å²) in [5.74, 6) is 2.38. The maximum atomic E-state index is 6.20. The molecule has 0 spiro atoms. The molecule has 0 bridgehead atoms. The first-order valence-corrected chi connectivity index (χ1v) is 9.09. The highest BCUT2D eigenvalue weighted by molar-refractivity contribution is 5.36. The van der Waals surface area contributed by atoms with Crippen LogP contribution in [0, 0.1) is 0 Å². The first kappa shape index (κ1) is 17.3. The third-order valence-electron chi connectivity index (χ3n) is 4.91. The molecule has 1 atom stereocenters. The highest BCUT2D eigenvalue weighted by atomic mass is 16.5. The van der Waals surface area contributed by atoms with Crippen molar-refractivity contribution in [3.63, 3.8) is 0 Å². The summed E-state index contributed by atoms with van der Waals surface area (Å²) >= 11 is 0. The van der Waals surface area contributed by atoms with Gasteiger partial charge in [-0.2, -0.15) is 0 Å². The molecule has 7 nitrogen and oxygen atoms in total. The standard InChI is InChI=1S/C19H25N3O4/c1-23-16-4-2-15(3-5-16)18(22-8-12-25-13-9-22)19-20-14-17(26-19)21-6-10-24-11-7-21/h2-5,14,18H,6-13H2,1H3. The maximum absolute atomic E-state index is 6.20. The number of nitrogens with zero attached hydrogens (tertiary/aromatic N) is 3. The van der Waals surface area contributed by atoms with Crippen LogP contribution in [-0.4, -0.2) is 69.6 Å². The number of hydrogen-bond acceptors (Lipinski definition) is 7. The summed E-state index contributed by atoms with van der Waals surface area (Å²) < 4.78 is 22.4. The fraction of sp³-hybridized carbons (Fsp3) is 0.526. The van der Waals surface area contributed by atoms with Crippen molar-refractivity contribution in [3.8, 4) is 5.75 Å². The Morgan fingerprint density at radius 1 is 0.962 bits per heavy atom.